The Bertz CT molecular complexity index is 332. The lowest BCUT2D eigenvalue weighted by Gasteiger charge is -2.09. The predicted octanol–water partition coefficient (Wildman–Crippen LogP) is 3.46. The summed E-state index contributed by atoms with van der Waals surface area (Å²) in [5.41, 5.74) is 6.58. The van der Waals surface area contributed by atoms with Crippen LogP contribution in [0.5, 0.6) is 0 Å². The largest absolute Gasteiger partial charge is 0.393 e. The molecule has 0 fully saturated rings. The van der Waals surface area contributed by atoms with E-state index >= 15 is 0 Å². The van der Waals surface area contributed by atoms with Crippen molar-refractivity contribution < 1.29 is 0 Å². The van der Waals surface area contributed by atoms with E-state index < -0.39 is 0 Å². The highest BCUT2D eigenvalue weighted by molar-refractivity contribution is 7.80. The van der Waals surface area contributed by atoms with Gasteiger partial charge in [0.25, 0.3) is 0 Å². The summed E-state index contributed by atoms with van der Waals surface area (Å²) in [6, 6.07) is 5.46. The number of benzene rings is 1. The maximum atomic E-state index is 5.86. The third-order valence-corrected chi connectivity index (χ3v) is 2.79. The van der Waals surface area contributed by atoms with Crippen molar-refractivity contribution in [2.45, 2.75) is 13.3 Å². The quantitative estimate of drug-likeness (QED) is 0.829. The summed E-state index contributed by atoms with van der Waals surface area (Å²) in [6.07, 6.45) is 0.773. The van der Waals surface area contributed by atoms with E-state index in [1.54, 1.807) is 6.07 Å². The zero-order valence-electron chi connectivity index (χ0n) is 7.76. The van der Waals surface area contributed by atoms with Crippen LogP contribution in [0.25, 0.3) is 0 Å². The Hall–Kier alpha value is -0.310. The molecular weight excluding hydrogens is 237 g/mol. The molecule has 0 bridgehead atoms. The van der Waals surface area contributed by atoms with E-state index in [0.29, 0.717) is 15.0 Å². The fourth-order valence-electron chi connectivity index (χ4n) is 1.18. The SMILES string of the molecule is CC(Cc1cc(Cl)cc(Cl)c1)C(N)=S. The minimum absolute atomic E-state index is 0.166. The van der Waals surface area contributed by atoms with E-state index in [0.717, 1.165) is 12.0 Å². The topological polar surface area (TPSA) is 26.0 Å². The molecule has 0 radical (unpaired) electrons. The number of halogens is 2. The Morgan fingerprint density at radius 3 is 2.29 bits per heavy atom. The van der Waals surface area contributed by atoms with Crippen LogP contribution in [0.3, 0.4) is 0 Å². The van der Waals surface area contributed by atoms with Crippen molar-refractivity contribution in [2.75, 3.05) is 0 Å². The molecule has 2 N–H and O–H groups in total. The van der Waals surface area contributed by atoms with Crippen molar-refractivity contribution in [2.24, 2.45) is 11.7 Å². The third-order valence-electron chi connectivity index (χ3n) is 1.95. The fourth-order valence-corrected chi connectivity index (χ4v) is 1.84. The van der Waals surface area contributed by atoms with Gasteiger partial charge in [-0.3, -0.25) is 0 Å². The molecule has 0 amide bonds. The van der Waals surface area contributed by atoms with Crippen LogP contribution in [0.4, 0.5) is 0 Å². The van der Waals surface area contributed by atoms with Gasteiger partial charge in [-0.15, -0.1) is 0 Å². The molecule has 1 unspecified atom stereocenters. The van der Waals surface area contributed by atoms with Gasteiger partial charge in [0.2, 0.25) is 0 Å². The molecule has 0 aliphatic heterocycles. The zero-order valence-corrected chi connectivity index (χ0v) is 10.1. The molecule has 76 valence electrons. The maximum Gasteiger partial charge on any atom is 0.0759 e. The molecule has 1 aromatic rings. The fraction of sp³-hybridized carbons (Fsp3) is 0.300. The number of hydrogen-bond donors (Lipinski definition) is 1. The van der Waals surface area contributed by atoms with Gasteiger partial charge in [0.15, 0.2) is 0 Å². The minimum Gasteiger partial charge on any atom is -0.393 e. The second-order valence-corrected chi connectivity index (χ2v) is 4.63. The first-order chi connectivity index (χ1) is 6.49. The van der Waals surface area contributed by atoms with Gasteiger partial charge in [0.1, 0.15) is 0 Å². The van der Waals surface area contributed by atoms with E-state index in [1.807, 2.05) is 19.1 Å². The first-order valence-corrected chi connectivity index (χ1v) is 5.39. The molecule has 1 nitrogen and oxygen atoms in total. The van der Waals surface area contributed by atoms with Crippen molar-refractivity contribution >= 4 is 40.4 Å². The normalized spacial score (nSPS) is 12.5. The van der Waals surface area contributed by atoms with Crippen LogP contribution < -0.4 is 5.73 Å². The predicted molar refractivity (Wildman–Crippen MR) is 66.1 cm³/mol. The van der Waals surface area contributed by atoms with Gasteiger partial charge in [0, 0.05) is 16.0 Å². The van der Waals surface area contributed by atoms with Crippen molar-refractivity contribution in [1.29, 1.82) is 0 Å². The Labute approximate surface area is 99.2 Å². The van der Waals surface area contributed by atoms with Crippen LogP contribution in [0.2, 0.25) is 10.0 Å². The Morgan fingerprint density at radius 1 is 1.36 bits per heavy atom. The molecule has 14 heavy (non-hydrogen) atoms. The molecule has 0 saturated carbocycles. The summed E-state index contributed by atoms with van der Waals surface area (Å²) < 4.78 is 0. The number of hydrogen-bond acceptors (Lipinski definition) is 1. The zero-order chi connectivity index (χ0) is 10.7. The summed E-state index contributed by atoms with van der Waals surface area (Å²) in [7, 11) is 0. The van der Waals surface area contributed by atoms with Crippen LogP contribution in [0.1, 0.15) is 12.5 Å². The van der Waals surface area contributed by atoms with Gasteiger partial charge in [-0.2, -0.15) is 0 Å². The molecule has 1 aromatic carbocycles. The molecule has 0 aromatic heterocycles. The summed E-state index contributed by atoms with van der Waals surface area (Å²) >= 11 is 16.6. The monoisotopic (exact) mass is 247 g/mol. The van der Waals surface area contributed by atoms with Crippen LogP contribution in [-0.2, 0) is 6.42 Å². The van der Waals surface area contributed by atoms with Crippen LogP contribution >= 0.6 is 35.4 Å². The van der Waals surface area contributed by atoms with Gasteiger partial charge in [-0.1, -0.05) is 42.3 Å². The molecule has 1 atom stereocenters. The molecule has 0 aliphatic carbocycles. The molecule has 0 heterocycles. The molecule has 0 saturated heterocycles. The molecular formula is C10H11Cl2NS. The standard InChI is InChI=1S/C10H11Cl2NS/c1-6(10(13)14)2-7-3-8(11)5-9(12)4-7/h3-6H,2H2,1H3,(H2,13,14). The lowest BCUT2D eigenvalue weighted by Crippen LogP contribution is -2.20. The maximum absolute atomic E-state index is 5.86. The van der Waals surface area contributed by atoms with Gasteiger partial charge in [-0.05, 0) is 30.2 Å². The van der Waals surface area contributed by atoms with Crippen molar-refractivity contribution in [3.8, 4) is 0 Å². The highest BCUT2D eigenvalue weighted by Crippen LogP contribution is 2.21. The van der Waals surface area contributed by atoms with Crippen LogP contribution in [-0.4, -0.2) is 4.99 Å². The lowest BCUT2D eigenvalue weighted by atomic mass is 10.0. The van der Waals surface area contributed by atoms with Crippen molar-refractivity contribution in [1.82, 2.24) is 0 Å². The second kappa shape index (κ2) is 4.96. The van der Waals surface area contributed by atoms with E-state index in [9.17, 15) is 0 Å². The minimum atomic E-state index is 0.166. The Morgan fingerprint density at radius 2 is 1.86 bits per heavy atom. The van der Waals surface area contributed by atoms with Crippen molar-refractivity contribution in [3.05, 3.63) is 33.8 Å². The summed E-state index contributed by atoms with van der Waals surface area (Å²) in [5.74, 6) is 0.166. The first kappa shape index (κ1) is 11.8. The number of nitrogens with two attached hydrogens (primary N) is 1. The summed E-state index contributed by atoms with van der Waals surface area (Å²) in [6.45, 7) is 1.98. The number of thiocarbonyl (C=S) groups is 1. The summed E-state index contributed by atoms with van der Waals surface area (Å²) in [5, 5.41) is 1.28. The van der Waals surface area contributed by atoms with Crippen LogP contribution in [0, 0.1) is 5.92 Å². The first-order valence-electron chi connectivity index (χ1n) is 4.23. The molecule has 0 spiro atoms. The molecule has 1 rings (SSSR count). The average Bonchev–Trinajstić information content (AvgIpc) is 2.01. The Balaban J connectivity index is 2.81. The van der Waals surface area contributed by atoms with Crippen LogP contribution in [0.15, 0.2) is 18.2 Å². The van der Waals surface area contributed by atoms with E-state index in [2.05, 4.69) is 0 Å². The van der Waals surface area contributed by atoms with Gasteiger partial charge in [-0.25, -0.2) is 0 Å². The Kier molecular flexibility index (Phi) is 4.17. The second-order valence-electron chi connectivity index (χ2n) is 3.29. The van der Waals surface area contributed by atoms with Gasteiger partial charge >= 0.3 is 0 Å². The highest BCUT2D eigenvalue weighted by Gasteiger charge is 2.07. The average molecular weight is 248 g/mol. The van der Waals surface area contributed by atoms with E-state index in [4.69, 9.17) is 41.2 Å². The lowest BCUT2D eigenvalue weighted by molar-refractivity contribution is 0.772. The smallest absolute Gasteiger partial charge is 0.0759 e. The van der Waals surface area contributed by atoms with E-state index in [1.165, 1.54) is 0 Å². The molecule has 0 aliphatic rings. The highest BCUT2D eigenvalue weighted by atomic mass is 35.5. The summed E-state index contributed by atoms with van der Waals surface area (Å²) in [4.78, 5) is 0.515. The number of rotatable bonds is 3. The van der Waals surface area contributed by atoms with E-state index in [-0.39, 0.29) is 5.92 Å². The van der Waals surface area contributed by atoms with Gasteiger partial charge < -0.3 is 5.73 Å². The van der Waals surface area contributed by atoms with Gasteiger partial charge in [0.05, 0.1) is 4.99 Å². The third kappa shape index (κ3) is 3.45. The molecule has 4 heteroatoms. The van der Waals surface area contributed by atoms with Crippen molar-refractivity contribution in [3.63, 3.8) is 0 Å².